The van der Waals surface area contributed by atoms with Crippen LogP contribution in [0.15, 0.2) is 0 Å². The van der Waals surface area contributed by atoms with Gasteiger partial charge in [-0.2, -0.15) is 0 Å². The molecule has 1 aliphatic heterocycles. The number of nitrogens with two attached hydrogens (primary N) is 1. The molecule has 17 heavy (non-hydrogen) atoms. The van der Waals surface area contributed by atoms with E-state index in [-0.39, 0.29) is 17.6 Å². The molecule has 1 amide bonds. The molecule has 0 bridgehead atoms. The largest absolute Gasteiger partial charge is 0.453 e. The molecule has 0 saturated carbocycles. The van der Waals surface area contributed by atoms with Gasteiger partial charge in [-0.3, -0.25) is 4.90 Å². The summed E-state index contributed by atoms with van der Waals surface area (Å²) in [6, 6.07) is -0.0712. The lowest BCUT2D eigenvalue weighted by Crippen LogP contribution is -2.64. The first-order valence-electron chi connectivity index (χ1n) is 6.11. The number of nitrogens with zero attached hydrogens (tertiary/aromatic N) is 1. The van der Waals surface area contributed by atoms with Crippen LogP contribution in [0.1, 0.15) is 27.7 Å². The molecule has 3 N–H and O–H groups in total. The van der Waals surface area contributed by atoms with Crippen molar-refractivity contribution in [1.82, 2.24) is 10.2 Å². The normalized spacial score (nSPS) is 31.1. The van der Waals surface area contributed by atoms with Gasteiger partial charge in [-0.1, -0.05) is 6.92 Å². The number of piperidine rings is 1. The lowest BCUT2D eigenvalue weighted by atomic mass is 9.87. The predicted octanol–water partition coefficient (Wildman–Crippen LogP) is 0.789. The lowest BCUT2D eigenvalue weighted by molar-refractivity contribution is 0.0514. The first-order valence-corrected chi connectivity index (χ1v) is 6.11. The van der Waals surface area contributed by atoms with Gasteiger partial charge in [0.2, 0.25) is 0 Å². The summed E-state index contributed by atoms with van der Waals surface area (Å²) in [6.45, 7) is 10.4. The average Bonchev–Trinajstić information content (AvgIpc) is 2.21. The average molecular weight is 243 g/mol. The molecule has 0 aromatic rings. The Morgan fingerprint density at radius 2 is 2.00 bits per heavy atom. The van der Waals surface area contributed by atoms with Gasteiger partial charge >= 0.3 is 6.09 Å². The third-order valence-corrected chi connectivity index (χ3v) is 3.43. The number of carbonyl (C=O) groups excluding carboxylic acids is 1. The van der Waals surface area contributed by atoms with E-state index in [0.717, 1.165) is 13.1 Å². The second-order valence-electron chi connectivity index (χ2n) is 5.88. The van der Waals surface area contributed by atoms with E-state index in [9.17, 15) is 4.79 Å². The minimum absolute atomic E-state index is 0.0129. The summed E-state index contributed by atoms with van der Waals surface area (Å²) >= 11 is 0. The van der Waals surface area contributed by atoms with Crippen molar-refractivity contribution in [3.8, 4) is 0 Å². The highest BCUT2D eigenvalue weighted by molar-refractivity contribution is 5.67. The number of carbonyl (C=O) groups is 1. The van der Waals surface area contributed by atoms with Crippen LogP contribution in [-0.4, -0.2) is 48.8 Å². The molecule has 1 fully saturated rings. The third-order valence-electron chi connectivity index (χ3n) is 3.43. The quantitative estimate of drug-likeness (QED) is 0.714. The molecule has 100 valence electrons. The second kappa shape index (κ2) is 5.23. The molecule has 0 spiro atoms. The van der Waals surface area contributed by atoms with Crippen LogP contribution in [0.4, 0.5) is 4.79 Å². The molecule has 1 saturated heterocycles. The molecule has 1 aliphatic rings. The number of amides is 1. The van der Waals surface area contributed by atoms with Crippen molar-refractivity contribution >= 4 is 6.09 Å². The minimum atomic E-state index is -0.401. The van der Waals surface area contributed by atoms with Crippen molar-refractivity contribution in [1.29, 1.82) is 0 Å². The topological polar surface area (TPSA) is 67.6 Å². The van der Waals surface area contributed by atoms with Gasteiger partial charge < -0.3 is 15.8 Å². The number of hydrogen-bond donors (Lipinski definition) is 2. The van der Waals surface area contributed by atoms with Crippen LogP contribution in [0.25, 0.3) is 0 Å². The molecule has 0 aliphatic carbocycles. The first kappa shape index (κ1) is 14.3. The predicted molar refractivity (Wildman–Crippen MR) is 67.8 cm³/mol. The van der Waals surface area contributed by atoms with Crippen LogP contribution in [0.2, 0.25) is 0 Å². The number of nitrogens with one attached hydrogen (secondary N) is 1. The number of ether oxygens (including phenoxy) is 1. The van der Waals surface area contributed by atoms with Crippen LogP contribution in [0, 0.1) is 5.92 Å². The molecule has 1 heterocycles. The van der Waals surface area contributed by atoms with Crippen LogP contribution in [-0.2, 0) is 4.74 Å². The molecular weight excluding hydrogens is 218 g/mol. The molecule has 5 nitrogen and oxygen atoms in total. The van der Waals surface area contributed by atoms with Crippen molar-refractivity contribution in [2.45, 2.75) is 45.3 Å². The number of hydrogen-bond acceptors (Lipinski definition) is 4. The zero-order valence-corrected chi connectivity index (χ0v) is 11.5. The van der Waals surface area contributed by atoms with E-state index in [1.54, 1.807) is 0 Å². The molecule has 3 unspecified atom stereocenters. The highest BCUT2D eigenvalue weighted by atomic mass is 16.5. The van der Waals surface area contributed by atoms with E-state index in [1.165, 1.54) is 7.11 Å². The molecule has 1 rings (SSSR count). The van der Waals surface area contributed by atoms with Crippen molar-refractivity contribution in [3.63, 3.8) is 0 Å². The van der Waals surface area contributed by atoms with E-state index < -0.39 is 6.09 Å². The fraction of sp³-hybridized carbons (Fsp3) is 0.917. The summed E-state index contributed by atoms with van der Waals surface area (Å²) in [7, 11) is 1.37. The van der Waals surface area contributed by atoms with Crippen molar-refractivity contribution in [2.75, 3.05) is 20.2 Å². The molecule has 0 radical (unpaired) electrons. The van der Waals surface area contributed by atoms with E-state index in [2.05, 4.69) is 42.6 Å². The molecule has 0 aromatic heterocycles. The maximum atomic E-state index is 11.2. The summed E-state index contributed by atoms with van der Waals surface area (Å²) in [5.74, 6) is 0.317. The number of alkyl carbamates (subject to hydrolysis) is 1. The highest BCUT2D eigenvalue weighted by Gasteiger charge is 2.37. The van der Waals surface area contributed by atoms with Crippen molar-refractivity contribution in [3.05, 3.63) is 0 Å². The van der Waals surface area contributed by atoms with Gasteiger partial charge in [0.05, 0.1) is 13.2 Å². The number of rotatable bonds is 1. The van der Waals surface area contributed by atoms with Gasteiger partial charge in [0.15, 0.2) is 0 Å². The van der Waals surface area contributed by atoms with Crippen molar-refractivity contribution < 1.29 is 9.53 Å². The van der Waals surface area contributed by atoms with Gasteiger partial charge in [-0.25, -0.2) is 4.79 Å². The number of likely N-dealkylation sites (tertiary alicyclic amines) is 1. The van der Waals surface area contributed by atoms with Gasteiger partial charge in [0.1, 0.15) is 0 Å². The zero-order valence-electron chi connectivity index (χ0n) is 11.5. The summed E-state index contributed by atoms with van der Waals surface area (Å²) in [6.07, 6.45) is -0.401. The number of methoxy groups -OCH3 is 1. The fourth-order valence-corrected chi connectivity index (χ4v) is 2.32. The monoisotopic (exact) mass is 243 g/mol. The summed E-state index contributed by atoms with van der Waals surface area (Å²) in [4.78, 5) is 13.6. The van der Waals surface area contributed by atoms with Gasteiger partial charge in [0.25, 0.3) is 0 Å². The van der Waals surface area contributed by atoms with E-state index >= 15 is 0 Å². The van der Waals surface area contributed by atoms with E-state index in [4.69, 9.17) is 5.73 Å². The fourth-order valence-electron chi connectivity index (χ4n) is 2.32. The first-order chi connectivity index (χ1) is 7.75. The summed E-state index contributed by atoms with van der Waals surface area (Å²) in [5.41, 5.74) is 6.26. The molecular formula is C12H25N3O2. The molecule has 5 heteroatoms. The van der Waals surface area contributed by atoms with Crippen LogP contribution in [0.5, 0.6) is 0 Å². The SMILES string of the molecule is COC(=O)NC1C(C)CN(C(C)(C)C)CC1N. The molecule has 3 atom stereocenters. The van der Waals surface area contributed by atoms with Crippen LogP contribution < -0.4 is 11.1 Å². The maximum absolute atomic E-state index is 11.2. The zero-order chi connectivity index (χ0) is 13.2. The summed E-state index contributed by atoms with van der Waals surface area (Å²) in [5, 5.41) is 2.83. The Morgan fingerprint density at radius 3 is 2.41 bits per heavy atom. The van der Waals surface area contributed by atoms with Gasteiger partial charge in [-0.05, 0) is 26.7 Å². The van der Waals surface area contributed by atoms with E-state index in [0.29, 0.717) is 5.92 Å². The standard InChI is InChI=1S/C12H25N3O2/c1-8-6-15(12(2,3)4)7-9(13)10(8)14-11(16)17-5/h8-10H,6-7,13H2,1-5H3,(H,14,16). The third kappa shape index (κ3) is 3.57. The highest BCUT2D eigenvalue weighted by Crippen LogP contribution is 2.23. The van der Waals surface area contributed by atoms with Crippen LogP contribution in [0.3, 0.4) is 0 Å². The van der Waals surface area contributed by atoms with Crippen molar-refractivity contribution in [2.24, 2.45) is 11.7 Å². The Kier molecular flexibility index (Phi) is 4.38. The Hall–Kier alpha value is -0.810. The Labute approximate surface area is 104 Å². The van der Waals surface area contributed by atoms with Gasteiger partial charge in [0, 0.05) is 24.7 Å². The minimum Gasteiger partial charge on any atom is -0.453 e. The second-order valence-corrected chi connectivity index (χ2v) is 5.88. The Bertz CT molecular complexity index is 263. The van der Waals surface area contributed by atoms with E-state index in [1.807, 2.05) is 0 Å². The van der Waals surface area contributed by atoms with Gasteiger partial charge in [-0.15, -0.1) is 0 Å². The molecule has 0 aromatic carbocycles. The Morgan fingerprint density at radius 1 is 1.41 bits per heavy atom. The van der Waals surface area contributed by atoms with Crippen LogP contribution >= 0.6 is 0 Å². The lowest BCUT2D eigenvalue weighted by Gasteiger charge is -2.46. The maximum Gasteiger partial charge on any atom is 0.407 e. The Balaban J connectivity index is 2.65. The summed E-state index contributed by atoms with van der Waals surface area (Å²) < 4.78 is 4.62. The smallest absolute Gasteiger partial charge is 0.407 e.